The fourth-order valence-electron chi connectivity index (χ4n) is 3.40. The minimum absolute atomic E-state index is 0.0386. The minimum atomic E-state index is -0.0386. The van der Waals surface area contributed by atoms with Crippen LogP contribution in [0.2, 0.25) is 0 Å². The third-order valence-electron chi connectivity index (χ3n) is 4.60. The van der Waals surface area contributed by atoms with E-state index in [4.69, 9.17) is 14.2 Å². The summed E-state index contributed by atoms with van der Waals surface area (Å²) in [4.78, 5) is 2.34. The third kappa shape index (κ3) is 2.81. The maximum atomic E-state index is 10.5. The summed E-state index contributed by atoms with van der Waals surface area (Å²) in [5.41, 5.74) is 3.12. The second-order valence-corrected chi connectivity index (χ2v) is 6.23. The number of phenols is 1. The Bertz CT molecular complexity index is 740. The summed E-state index contributed by atoms with van der Waals surface area (Å²) in [6.07, 6.45) is 0. The van der Waals surface area contributed by atoms with Gasteiger partial charge >= 0.3 is 0 Å². The third-order valence-corrected chi connectivity index (χ3v) is 4.60. The van der Waals surface area contributed by atoms with Crippen LogP contribution in [-0.4, -0.2) is 43.1 Å². The van der Waals surface area contributed by atoms with Crippen molar-refractivity contribution >= 4 is 0 Å². The van der Waals surface area contributed by atoms with Crippen LogP contribution in [0.5, 0.6) is 17.2 Å². The van der Waals surface area contributed by atoms with Gasteiger partial charge in [0.15, 0.2) is 11.5 Å². The lowest BCUT2D eigenvalue weighted by Crippen LogP contribution is -2.39. The van der Waals surface area contributed by atoms with Gasteiger partial charge in [0, 0.05) is 18.7 Å². The molecule has 1 saturated heterocycles. The Morgan fingerprint density at radius 3 is 2.62 bits per heavy atom. The highest BCUT2D eigenvalue weighted by atomic mass is 16.7. The zero-order valence-corrected chi connectivity index (χ0v) is 13.7. The highest BCUT2D eigenvalue weighted by molar-refractivity contribution is 5.49. The first-order valence-corrected chi connectivity index (χ1v) is 8.23. The quantitative estimate of drug-likeness (QED) is 0.939. The molecule has 2 aliphatic rings. The molecule has 2 aromatic rings. The van der Waals surface area contributed by atoms with E-state index in [0.717, 1.165) is 41.3 Å². The monoisotopic (exact) mass is 327 g/mol. The number of aromatic hydroxyl groups is 1. The molecule has 4 rings (SSSR count). The van der Waals surface area contributed by atoms with Crippen LogP contribution >= 0.6 is 0 Å². The van der Waals surface area contributed by atoms with Crippen molar-refractivity contribution < 1.29 is 19.3 Å². The van der Waals surface area contributed by atoms with Gasteiger partial charge in [-0.15, -0.1) is 0 Å². The number of nitrogens with zero attached hydrogens (tertiary/aromatic N) is 1. The second kappa shape index (κ2) is 6.34. The van der Waals surface area contributed by atoms with E-state index in [9.17, 15) is 5.11 Å². The zero-order chi connectivity index (χ0) is 16.5. The molecule has 0 saturated carbocycles. The van der Waals surface area contributed by atoms with Crippen molar-refractivity contribution in [1.82, 2.24) is 4.90 Å². The highest BCUT2D eigenvalue weighted by Gasteiger charge is 2.28. The summed E-state index contributed by atoms with van der Waals surface area (Å²) in [6, 6.07) is 11.7. The van der Waals surface area contributed by atoms with Crippen molar-refractivity contribution in [2.45, 2.75) is 13.0 Å². The molecular formula is C19H21NO4. The molecule has 2 heterocycles. The fraction of sp³-hybridized carbons (Fsp3) is 0.368. The number of ether oxygens (including phenoxy) is 3. The molecule has 0 spiro atoms. The first-order chi connectivity index (χ1) is 11.7. The molecule has 24 heavy (non-hydrogen) atoms. The Kier molecular flexibility index (Phi) is 4.04. The van der Waals surface area contributed by atoms with Gasteiger partial charge in [-0.2, -0.15) is 0 Å². The summed E-state index contributed by atoms with van der Waals surface area (Å²) in [7, 11) is 0. The van der Waals surface area contributed by atoms with Gasteiger partial charge in [0.05, 0.1) is 19.3 Å². The Morgan fingerprint density at radius 2 is 1.79 bits per heavy atom. The van der Waals surface area contributed by atoms with Crippen molar-refractivity contribution in [3.05, 3.63) is 53.1 Å². The number of hydrogen-bond acceptors (Lipinski definition) is 5. The molecule has 2 aliphatic heterocycles. The van der Waals surface area contributed by atoms with E-state index < -0.39 is 0 Å². The molecule has 126 valence electrons. The van der Waals surface area contributed by atoms with Gasteiger partial charge in [0.2, 0.25) is 6.79 Å². The maximum absolute atomic E-state index is 10.5. The molecule has 2 aromatic carbocycles. The van der Waals surface area contributed by atoms with E-state index in [-0.39, 0.29) is 12.8 Å². The van der Waals surface area contributed by atoms with E-state index in [1.54, 1.807) is 6.07 Å². The Morgan fingerprint density at radius 1 is 1.00 bits per heavy atom. The topological polar surface area (TPSA) is 51.2 Å². The van der Waals surface area contributed by atoms with E-state index in [2.05, 4.69) is 17.0 Å². The largest absolute Gasteiger partial charge is 0.508 e. The average molecular weight is 327 g/mol. The Hall–Kier alpha value is -2.24. The first kappa shape index (κ1) is 15.3. The van der Waals surface area contributed by atoms with Gasteiger partial charge in [-0.05, 0) is 30.7 Å². The van der Waals surface area contributed by atoms with E-state index in [0.29, 0.717) is 19.0 Å². The van der Waals surface area contributed by atoms with Gasteiger partial charge in [-0.3, -0.25) is 4.90 Å². The van der Waals surface area contributed by atoms with E-state index >= 15 is 0 Å². The molecule has 0 amide bonds. The van der Waals surface area contributed by atoms with Crippen LogP contribution in [0.25, 0.3) is 0 Å². The van der Waals surface area contributed by atoms with Crippen LogP contribution in [0, 0.1) is 6.92 Å². The van der Waals surface area contributed by atoms with Crippen molar-refractivity contribution in [3.8, 4) is 17.2 Å². The SMILES string of the molecule is Cc1ccc(O)c(C(c2ccc3c(c2)OCO3)N2CCOCC2)c1. The predicted octanol–water partition coefficient (Wildman–Crippen LogP) is 2.85. The molecular weight excluding hydrogens is 306 g/mol. The fourth-order valence-corrected chi connectivity index (χ4v) is 3.40. The highest BCUT2D eigenvalue weighted by Crippen LogP contribution is 2.40. The van der Waals surface area contributed by atoms with Gasteiger partial charge < -0.3 is 19.3 Å². The second-order valence-electron chi connectivity index (χ2n) is 6.23. The van der Waals surface area contributed by atoms with Crippen molar-refractivity contribution in [2.24, 2.45) is 0 Å². The molecule has 1 N–H and O–H groups in total. The smallest absolute Gasteiger partial charge is 0.231 e. The molecule has 1 unspecified atom stereocenters. The van der Waals surface area contributed by atoms with E-state index in [1.807, 2.05) is 25.1 Å². The summed E-state index contributed by atoms with van der Waals surface area (Å²) < 4.78 is 16.5. The summed E-state index contributed by atoms with van der Waals surface area (Å²) >= 11 is 0. The van der Waals surface area contributed by atoms with E-state index in [1.165, 1.54) is 0 Å². The lowest BCUT2D eigenvalue weighted by Gasteiger charge is -2.35. The molecule has 1 fully saturated rings. The summed E-state index contributed by atoms with van der Waals surface area (Å²) in [5, 5.41) is 10.5. The number of benzene rings is 2. The van der Waals surface area contributed by atoms with Crippen LogP contribution in [0.1, 0.15) is 22.7 Å². The van der Waals surface area contributed by atoms with Crippen LogP contribution in [0.15, 0.2) is 36.4 Å². The molecule has 5 heteroatoms. The number of fused-ring (bicyclic) bond motifs is 1. The van der Waals surface area contributed by atoms with Crippen molar-refractivity contribution in [2.75, 3.05) is 33.1 Å². The molecule has 0 aliphatic carbocycles. The molecule has 5 nitrogen and oxygen atoms in total. The zero-order valence-electron chi connectivity index (χ0n) is 13.7. The van der Waals surface area contributed by atoms with Crippen LogP contribution in [-0.2, 0) is 4.74 Å². The molecule has 0 radical (unpaired) electrons. The number of rotatable bonds is 3. The van der Waals surface area contributed by atoms with Crippen LogP contribution in [0.3, 0.4) is 0 Å². The number of morpholine rings is 1. The van der Waals surface area contributed by atoms with Crippen molar-refractivity contribution in [1.29, 1.82) is 0 Å². The lowest BCUT2D eigenvalue weighted by atomic mass is 9.94. The van der Waals surface area contributed by atoms with Gasteiger partial charge in [0.1, 0.15) is 5.75 Å². The average Bonchev–Trinajstić information content (AvgIpc) is 3.07. The number of hydrogen-bond donors (Lipinski definition) is 1. The summed E-state index contributed by atoms with van der Waals surface area (Å²) in [6.45, 7) is 5.36. The van der Waals surface area contributed by atoms with Crippen LogP contribution < -0.4 is 9.47 Å². The van der Waals surface area contributed by atoms with Crippen molar-refractivity contribution in [3.63, 3.8) is 0 Å². The first-order valence-electron chi connectivity index (χ1n) is 8.23. The Labute approximate surface area is 141 Å². The predicted molar refractivity (Wildman–Crippen MR) is 89.6 cm³/mol. The lowest BCUT2D eigenvalue weighted by molar-refractivity contribution is 0.0235. The van der Waals surface area contributed by atoms with Crippen LogP contribution in [0.4, 0.5) is 0 Å². The maximum Gasteiger partial charge on any atom is 0.231 e. The molecule has 0 aromatic heterocycles. The number of phenolic OH excluding ortho intramolecular Hbond substituents is 1. The van der Waals surface area contributed by atoms with Gasteiger partial charge in [-0.25, -0.2) is 0 Å². The molecule has 0 bridgehead atoms. The standard InChI is InChI=1S/C19H21NO4/c1-13-2-4-16(21)15(10-13)19(20-6-8-22-9-7-20)14-3-5-17-18(11-14)24-12-23-17/h2-5,10-11,19,21H,6-9,12H2,1H3. The van der Waals surface area contributed by atoms with Gasteiger partial charge in [0.25, 0.3) is 0 Å². The minimum Gasteiger partial charge on any atom is -0.508 e. The van der Waals surface area contributed by atoms with Gasteiger partial charge in [-0.1, -0.05) is 23.8 Å². The summed E-state index contributed by atoms with van der Waals surface area (Å²) in [5.74, 6) is 1.85. The normalized spacial score (nSPS) is 18.5. The molecule has 1 atom stereocenters. The number of aryl methyl sites for hydroxylation is 1. The Balaban J connectivity index is 1.79.